The molecule has 0 heterocycles. The Labute approximate surface area is 98.6 Å². The summed E-state index contributed by atoms with van der Waals surface area (Å²) in [5, 5.41) is 19.2. The average Bonchev–Trinajstić information content (AvgIpc) is 2.23. The predicted octanol–water partition coefficient (Wildman–Crippen LogP) is 1.20. The smallest absolute Gasteiger partial charge is 0.0781 e. The molecule has 0 saturated heterocycles. The van der Waals surface area contributed by atoms with Crippen LogP contribution >= 0.6 is 0 Å². The Morgan fingerprint density at radius 2 is 1.62 bits per heavy atom. The van der Waals surface area contributed by atoms with Gasteiger partial charge in [-0.15, -0.1) is 0 Å². The largest absolute Gasteiger partial charge is 0.393 e. The summed E-state index contributed by atoms with van der Waals surface area (Å²) in [4.78, 5) is 0. The Morgan fingerprint density at radius 3 is 2.12 bits per heavy atom. The topological polar surface area (TPSA) is 58.9 Å². The number of aliphatic hydroxyl groups is 2. The van der Waals surface area contributed by atoms with E-state index in [2.05, 4.69) is 0 Å². The van der Waals surface area contributed by atoms with Gasteiger partial charge in [-0.2, -0.15) is 0 Å². The van der Waals surface area contributed by atoms with Gasteiger partial charge in [0.2, 0.25) is 0 Å². The van der Waals surface area contributed by atoms with Crippen molar-refractivity contribution in [3.05, 3.63) is 0 Å². The highest BCUT2D eigenvalue weighted by molar-refractivity contribution is 4.64. The van der Waals surface area contributed by atoms with Crippen LogP contribution in [0.2, 0.25) is 0 Å². The fourth-order valence-corrected chi connectivity index (χ4v) is 1.34. The van der Waals surface area contributed by atoms with Gasteiger partial charge in [0.15, 0.2) is 0 Å². The zero-order chi connectivity index (χ0) is 12.6. The highest BCUT2D eigenvalue weighted by Crippen LogP contribution is 2.10. The maximum Gasteiger partial charge on any atom is 0.0781 e. The minimum absolute atomic E-state index is 0.00493. The molecule has 3 unspecified atom stereocenters. The number of hydrogen-bond acceptors (Lipinski definition) is 4. The summed E-state index contributed by atoms with van der Waals surface area (Å²) < 4.78 is 10.3. The van der Waals surface area contributed by atoms with Crippen LogP contribution in [-0.4, -0.2) is 48.8 Å². The van der Waals surface area contributed by atoms with Crippen LogP contribution in [-0.2, 0) is 9.47 Å². The summed E-state index contributed by atoms with van der Waals surface area (Å²) in [6.07, 6.45) is 0.327. The average molecular weight is 234 g/mol. The zero-order valence-corrected chi connectivity index (χ0v) is 10.8. The Hall–Kier alpha value is -0.160. The fraction of sp³-hybridized carbons (Fsp3) is 1.00. The summed E-state index contributed by atoms with van der Waals surface area (Å²) >= 11 is 0. The van der Waals surface area contributed by atoms with Crippen molar-refractivity contribution in [3.8, 4) is 0 Å². The summed E-state index contributed by atoms with van der Waals surface area (Å²) in [6.45, 7) is 6.66. The van der Waals surface area contributed by atoms with Crippen LogP contribution in [0.3, 0.4) is 0 Å². The lowest BCUT2D eigenvalue weighted by molar-refractivity contribution is -0.0374. The van der Waals surface area contributed by atoms with Crippen molar-refractivity contribution in [2.24, 2.45) is 5.92 Å². The number of aliphatic hydroxyl groups excluding tert-OH is 2. The molecular weight excluding hydrogens is 208 g/mol. The summed E-state index contributed by atoms with van der Waals surface area (Å²) in [7, 11) is 1.62. The third-order valence-electron chi connectivity index (χ3n) is 2.54. The van der Waals surface area contributed by atoms with Crippen LogP contribution in [0.4, 0.5) is 0 Å². The van der Waals surface area contributed by atoms with E-state index >= 15 is 0 Å². The monoisotopic (exact) mass is 234 g/mol. The van der Waals surface area contributed by atoms with Gasteiger partial charge in [0, 0.05) is 7.11 Å². The van der Waals surface area contributed by atoms with Crippen LogP contribution in [0.15, 0.2) is 0 Å². The first-order chi connectivity index (χ1) is 7.47. The van der Waals surface area contributed by atoms with Crippen LogP contribution in [0.5, 0.6) is 0 Å². The molecule has 0 aliphatic rings. The highest BCUT2D eigenvalue weighted by Gasteiger charge is 2.13. The van der Waals surface area contributed by atoms with Gasteiger partial charge in [0.25, 0.3) is 0 Å². The molecule has 0 aromatic rings. The van der Waals surface area contributed by atoms with Crippen molar-refractivity contribution in [1.29, 1.82) is 0 Å². The summed E-state index contributed by atoms with van der Waals surface area (Å²) in [5.74, 6) is 0.237. The second-order valence-corrected chi connectivity index (χ2v) is 4.64. The maximum atomic E-state index is 9.62. The molecule has 4 heteroatoms. The summed E-state index contributed by atoms with van der Waals surface area (Å²) in [5.41, 5.74) is 0. The Bertz CT molecular complexity index is 161. The van der Waals surface area contributed by atoms with E-state index in [1.54, 1.807) is 7.11 Å². The molecule has 3 atom stereocenters. The first kappa shape index (κ1) is 15.8. The van der Waals surface area contributed by atoms with Gasteiger partial charge in [-0.1, -0.05) is 13.8 Å². The molecule has 0 aliphatic carbocycles. The van der Waals surface area contributed by atoms with Crippen molar-refractivity contribution in [2.75, 3.05) is 20.3 Å². The predicted molar refractivity (Wildman–Crippen MR) is 63.4 cm³/mol. The summed E-state index contributed by atoms with van der Waals surface area (Å²) in [6, 6.07) is 0. The molecule has 0 amide bonds. The molecule has 0 bridgehead atoms. The van der Waals surface area contributed by atoms with E-state index in [1.807, 2.05) is 20.8 Å². The molecular formula is C12H26O4. The fourth-order valence-electron chi connectivity index (χ4n) is 1.34. The molecule has 0 fully saturated rings. The lowest BCUT2D eigenvalue weighted by Gasteiger charge is -2.18. The minimum atomic E-state index is -0.507. The van der Waals surface area contributed by atoms with Gasteiger partial charge < -0.3 is 19.7 Å². The lowest BCUT2D eigenvalue weighted by Crippen LogP contribution is -2.24. The van der Waals surface area contributed by atoms with E-state index < -0.39 is 6.10 Å². The van der Waals surface area contributed by atoms with E-state index in [-0.39, 0.29) is 18.1 Å². The molecule has 0 aromatic heterocycles. The number of ether oxygens (including phenoxy) is 2. The second-order valence-electron chi connectivity index (χ2n) is 4.64. The van der Waals surface area contributed by atoms with Crippen molar-refractivity contribution in [2.45, 2.75) is 51.9 Å². The van der Waals surface area contributed by atoms with Gasteiger partial charge in [0.1, 0.15) is 0 Å². The standard InChI is InChI=1S/C12H26O4/c1-9(2)12(14)6-5-11(13)8-16-10(3)7-15-4/h9-14H,5-8H2,1-4H3. The number of methoxy groups -OCH3 is 1. The third kappa shape index (κ3) is 8.05. The van der Waals surface area contributed by atoms with Gasteiger partial charge in [0.05, 0.1) is 31.5 Å². The van der Waals surface area contributed by atoms with Gasteiger partial charge in [-0.3, -0.25) is 0 Å². The normalized spacial score (nSPS) is 17.4. The van der Waals surface area contributed by atoms with E-state index in [1.165, 1.54) is 0 Å². The van der Waals surface area contributed by atoms with Gasteiger partial charge in [-0.05, 0) is 25.7 Å². The van der Waals surface area contributed by atoms with Crippen LogP contribution < -0.4 is 0 Å². The molecule has 0 aromatic carbocycles. The van der Waals surface area contributed by atoms with E-state index in [4.69, 9.17) is 9.47 Å². The molecule has 4 nitrogen and oxygen atoms in total. The second kappa shape index (κ2) is 8.93. The molecule has 0 aliphatic heterocycles. The van der Waals surface area contributed by atoms with Crippen molar-refractivity contribution >= 4 is 0 Å². The van der Waals surface area contributed by atoms with Crippen LogP contribution in [0.1, 0.15) is 33.6 Å². The Balaban J connectivity index is 3.54. The first-order valence-electron chi connectivity index (χ1n) is 5.94. The highest BCUT2D eigenvalue weighted by atomic mass is 16.5. The minimum Gasteiger partial charge on any atom is -0.393 e. The third-order valence-corrected chi connectivity index (χ3v) is 2.54. The maximum absolute atomic E-state index is 9.62. The molecule has 16 heavy (non-hydrogen) atoms. The molecule has 0 spiro atoms. The lowest BCUT2D eigenvalue weighted by atomic mass is 10.0. The molecule has 0 rings (SSSR count). The van der Waals surface area contributed by atoms with Gasteiger partial charge >= 0.3 is 0 Å². The quantitative estimate of drug-likeness (QED) is 0.629. The van der Waals surface area contributed by atoms with E-state index in [0.29, 0.717) is 26.1 Å². The Kier molecular flexibility index (Phi) is 8.84. The zero-order valence-electron chi connectivity index (χ0n) is 10.8. The van der Waals surface area contributed by atoms with E-state index in [9.17, 15) is 10.2 Å². The van der Waals surface area contributed by atoms with Crippen LogP contribution in [0, 0.1) is 5.92 Å². The van der Waals surface area contributed by atoms with Gasteiger partial charge in [-0.25, -0.2) is 0 Å². The van der Waals surface area contributed by atoms with Crippen molar-refractivity contribution < 1.29 is 19.7 Å². The number of rotatable bonds is 9. The van der Waals surface area contributed by atoms with Crippen molar-refractivity contribution in [1.82, 2.24) is 0 Å². The molecule has 98 valence electrons. The molecule has 0 radical (unpaired) electrons. The number of hydrogen-bond donors (Lipinski definition) is 2. The van der Waals surface area contributed by atoms with Crippen LogP contribution in [0.25, 0.3) is 0 Å². The molecule has 0 saturated carbocycles. The molecule has 2 N–H and O–H groups in total. The first-order valence-corrected chi connectivity index (χ1v) is 5.94. The van der Waals surface area contributed by atoms with Crippen molar-refractivity contribution in [3.63, 3.8) is 0 Å². The SMILES string of the molecule is COCC(C)OCC(O)CCC(O)C(C)C. The van der Waals surface area contributed by atoms with E-state index in [0.717, 1.165) is 0 Å². The Morgan fingerprint density at radius 1 is 1.00 bits per heavy atom.